The van der Waals surface area contributed by atoms with E-state index in [0.29, 0.717) is 6.54 Å². The van der Waals surface area contributed by atoms with E-state index in [9.17, 15) is 0 Å². The average molecular weight is 195 g/mol. The van der Waals surface area contributed by atoms with Gasteiger partial charge in [-0.25, -0.2) is 0 Å². The van der Waals surface area contributed by atoms with Gasteiger partial charge in [-0.05, 0) is 31.0 Å². The van der Waals surface area contributed by atoms with Gasteiger partial charge in [0.05, 0.1) is 13.8 Å². The summed E-state index contributed by atoms with van der Waals surface area (Å²) in [4.78, 5) is 0. The van der Waals surface area contributed by atoms with Crippen LogP contribution < -0.4 is 10.1 Å². The second-order valence-corrected chi connectivity index (χ2v) is 3.35. The van der Waals surface area contributed by atoms with Crippen molar-refractivity contribution in [1.29, 1.82) is 0 Å². The lowest BCUT2D eigenvalue weighted by Gasteiger charge is -2.12. The van der Waals surface area contributed by atoms with Crippen LogP contribution in [0.2, 0.25) is 0 Å². The standard InChI is InChI=1S/C11H17NO2/c1-8-4-9(2)10(6-12-7-13)11(5-8)14-3/h4-5,12-13H,6-7H2,1-3H3. The summed E-state index contributed by atoms with van der Waals surface area (Å²) in [5, 5.41) is 11.6. The van der Waals surface area contributed by atoms with E-state index in [2.05, 4.69) is 11.4 Å². The van der Waals surface area contributed by atoms with Crippen LogP contribution in [0.25, 0.3) is 0 Å². The maximum absolute atomic E-state index is 8.68. The molecule has 78 valence electrons. The van der Waals surface area contributed by atoms with Gasteiger partial charge >= 0.3 is 0 Å². The van der Waals surface area contributed by atoms with Gasteiger partial charge in [0.15, 0.2) is 0 Å². The fourth-order valence-corrected chi connectivity index (χ4v) is 1.55. The van der Waals surface area contributed by atoms with Crippen LogP contribution in [0.5, 0.6) is 5.75 Å². The number of ether oxygens (including phenoxy) is 1. The van der Waals surface area contributed by atoms with E-state index < -0.39 is 0 Å². The predicted octanol–water partition coefficient (Wildman–Crippen LogP) is 1.35. The molecule has 0 fully saturated rings. The van der Waals surface area contributed by atoms with Gasteiger partial charge in [0.1, 0.15) is 5.75 Å². The molecule has 0 amide bonds. The molecule has 1 aromatic rings. The van der Waals surface area contributed by atoms with Crippen LogP contribution >= 0.6 is 0 Å². The third-order valence-electron chi connectivity index (χ3n) is 2.21. The van der Waals surface area contributed by atoms with Crippen molar-refractivity contribution in [2.45, 2.75) is 20.4 Å². The van der Waals surface area contributed by atoms with E-state index in [4.69, 9.17) is 9.84 Å². The summed E-state index contributed by atoms with van der Waals surface area (Å²) in [6.45, 7) is 4.70. The van der Waals surface area contributed by atoms with Crippen molar-refractivity contribution >= 4 is 0 Å². The molecule has 1 aromatic carbocycles. The molecule has 0 bridgehead atoms. The third kappa shape index (κ3) is 2.47. The van der Waals surface area contributed by atoms with E-state index >= 15 is 0 Å². The number of benzene rings is 1. The van der Waals surface area contributed by atoms with Gasteiger partial charge in [0, 0.05) is 12.1 Å². The normalized spacial score (nSPS) is 10.3. The quantitative estimate of drug-likeness (QED) is 0.713. The van der Waals surface area contributed by atoms with E-state index in [1.54, 1.807) is 7.11 Å². The molecular weight excluding hydrogens is 178 g/mol. The highest BCUT2D eigenvalue weighted by Crippen LogP contribution is 2.23. The minimum absolute atomic E-state index is 0.0174. The Balaban J connectivity index is 2.99. The van der Waals surface area contributed by atoms with Gasteiger partial charge in [-0.1, -0.05) is 6.07 Å². The molecule has 0 aliphatic heterocycles. The number of hydrogen-bond acceptors (Lipinski definition) is 3. The van der Waals surface area contributed by atoms with E-state index in [1.807, 2.05) is 19.9 Å². The molecular formula is C11H17NO2. The zero-order valence-corrected chi connectivity index (χ0v) is 8.92. The van der Waals surface area contributed by atoms with Crippen LogP contribution in [0, 0.1) is 13.8 Å². The first kappa shape index (κ1) is 11.0. The Morgan fingerprint density at radius 1 is 1.36 bits per heavy atom. The molecule has 0 aliphatic carbocycles. The van der Waals surface area contributed by atoms with Gasteiger partial charge in [-0.3, -0.25) is 5.32 Å². The Bertz CT molecular complexity index is 310. The molecule has 0 saturated carbocycles. The lowest BCUT2D eigenvalue weighted by atomic mass is 10.0. The SMILES string of the molecule is COc1cc(C)cc(C)c1CNCO. The van der Waals surface area contributed by atoms with Crippen LogP contribution in [0.15, 0.2) is 12.1 Å². The Hall–Kier alpha value is -1.06. The van der Waals surface area contributed by atoms with E-state index in [1.165, 1.54) is 11.1 Å². The minimum atomic E-state index is -0.0174. The maximum atomic E-state index is 8.68. The van der Waals surface area contributed by atoms with Crippen molar-refractivity contribution < 1.29 is 9.84 Å². The Morgan fingerprint density at radius 3 is 2.64 bits per heavy atom. The lowest BCUT2D eigenvalue weighted by Crippen LogP contribution is -2.15. The highest BCUT2D eigenvalue weighted by atomic mass is 16.5. The molecule has 0 atom stereocenters. The molecule has 1 rings (SSSR count). The number of aliphatic hydroxyl groups is 1. The number of methoxy groups -OCH3 is 1. The van der Waals surface area contributed by atoms with Gasteiger partial charge in [-0.2, -0.15) is 0 Å². The second-order valence-electron chi connectivity index (χ2n) is 3.35. The summed E-state index contributed by atoms with van der Waals surface area (Å²) in [5.74, 6) is 0.878. The average Bonchev–Trinajstić information content (AvgIpc) is 2.15. The summed E-state index contributed by atoms with van der Waals surface area (Å²) in [6, 6.07) is 4.11. The zero-order chi connectivity index (χ0) is 10.6. The summed E-state index contributed by atoms with van der Waals surface area (Å²) in [5.41, 5.74) is 3.47. The smallest absolute Gasteiger partial charge is 0.123 e. The van der Waals surface area contributed by atoms with Gasteiger partial charge < -0.3 is 9.84 Å². The highest BCUT2D eigenvalue weighted by Gasteiger charge is 2.06. The van der Waals surface area contributed by atoms with Crippen molar-refractivity contribution in [3.05, 3.63) is 28.8 Å². The predicted molar refractivity (Wildman–Crippen MR) is 56.4 cm³/mol. The monoisotopic (exact) mass is 195 g/mol. The lowest BCUT2D eigenvalue weighted by molar-refractivity contribution is 0.258. The molecule has 3 heteroatoms. The van der Waals surface area contributed by atoms with Gasteiger partial charge in [0.25, 0.3) is 0 Å². The third-order valence-corrected chi connectivity index (χ3v) is 2.21. The molecule has 0 saturated heterocycles. The Morgan fingerprint density at radius 2 is 2.07 bits per heavy atom. The number of aliphatic hydroxyl groups excluding tert-OH is 1. The van der Waals surface area contributed by atoms with Gasteiger partial charge in [0.2, 0.25) is 0 Å². The summed E-state index contributed by atoms with van der Waals surface area (Å²) in [7, 11) is 1.66. The molecule has 3 nitrogen and oxygen atoms in total. The summed E-state index contributed by atoms with van der Waals surface area (Å²) < 4.78 is 5.28. The zero-order valence-electron chi connectivity index (χ0n) is 8.92. The minimum Gasteiger partial charge on any atom is -0.496 e. The van der Waals surface area contributed by atoms with Crippen LogP contribution in [0.1, 0.15) is 16.7 Å². The maximum Gasteiger partial charge on any atom is 0.123 e. The molecule has 0 aromatic heterocycles. The van der Waals surface area contributed by atoms with Crippen molar-refractivity contribution in [2.24, 2.45) is 0 Å². The molecule has 14 heavy (non-hydrogen) atoms. The molecule has 0 aliphatic rings. The second kappa shape index (κ2) is 4.98. The number of aryl methyl sites for hydroxylation is 2. The van der Waals surface area contributed by atoms with Crippen LogP contribution in [-0.4, -0.2) is 18.9 Å². The molecule has 0 radical (unpaired) electrons. The summed E-state index contributed by atoms with van der Waals surface area (Å²) in [6.07, 6.45) is 0. The first-order valence-corrected chi connectivity index (χ1v) is 4.64. The van der Waals surface area contributed by atoms with Crippen LogP contribution in [0.3, 0.4) is 0 Å². The molecule has 0 heterocycles. The first-order valence-electron chi connectivity index (χ1n) is 4.64. The van der Waals surface area contributed by atoms with Crippen molar-refractivity contribution in [2.75, 3.05) is 13.8 Å². The Labute approximate surface area is 84.7 Å². The van der Waals surface area contributed by atoms with Crippen molar-refractivity contribution in [1.82, 2.24) is 5.32 Å². The molecule has 0 spiro atoms. The number of nitrogens with one attached hydrogen (secondary N) is 1. The molecule has 0 unspecified atom stereocenters. The van der Waals surface area contributed by atoms with E-state index in [0.717, 1.165) is 11.3 Å². The van der Waals surface area contributed by atoms with Crippen molar-refractivity contribution in [3.63, 3.8) is 0 Å². The van der Waals surface area contributed by atoms with E-state index in [-0.39, 0.29) is 6.73 Å². The highest BCUT2D eigenvalue weighted by molar-refractivity contribution is 5.42. The van der Waals surface area contributed by atoms with Crippen LogP contribution in [-0.2, 0) is 6.54 Å². The largest absolute Gasteiger partial charge is 0.496 e. The fraction of sp³-hybridized carbons (Fsp3) is 0.455. The van der Waals surface area contributed by atoms with Gasteiger partial charge in [-0.15, -0.1) is 0 Å². The summed E-state index contributed by atoms with van der Waals surface area (Å²) >= 11 is 0. The number of rotatable bonds is 4. The van der Waals surface area contributed by atoms with Crippen molar-refractivity contribution in [3.8, 4) is 5.75 Å². The Kier molecular flexibility index (Phi) is 3.92. The topological polar surface area (TPSA) is 41.5 Å². The number of hydrogen-bond donors (Lipinski definition) is 2. The van der Waals surface area contributed by atoms with Crippen LogP contribution in [0.4, 0.5) is 0 Å². The molecule has 2 N–H and O–H groups in total. The first-order chi connectivity index (χ1) is 6.69. The fourth-order valence-electron chi connectivity index (χ4n) is 1.55.